The standard InChI is InChI=1S/C14H23NO/c1-4-6-11-15-12(3)13-7-9-14(10-8-13)16-5-2/h7-10,12,15H,4-6,11H2,1-3H3/t12-/m1/s1. The first-order chi connectivity index (χ1) is 7.77. The summed E-state index contributed by atoms with van der Waals surface area (Å²) in [7, 11) is 0. The highest BCUT2D eigenvalue weighted by Gasteiger charge is 2.03. The summed E-state index contributed by atoms with van der Waals surface area (Å²) < 4.78 is 5.42. The summed E-state index contributed by atoms with van der Waals surface area (Å²) in [6.45, 7) is 8.23. The minimum Gasteiger partial charge on any atom is -0.494 e. The molecule has 1 aromatic carbocycles. The van der Waals surface area contributed by atoms with Gasteiger partial charge in [-0.25, -0.2) is 0 Å². The summed E-state index contributed by atoms with van der Waals surface area (Å²) in [5, 5.41) is 3.51. The summed E-state index contributed by atoms with van der Waals surface area (Å²) in [6, 6.07) is 8.76. The summed E-state index contributed by atoms with van der Waals surface area (Å²) in [5.74, 6) is 0.951. The van der Waals surface area contributed by atoms with Crippen molar-refractivity contribution in [3.63, 3.8) is 0 Å². The van der Waals surface area contributed by atoms with Gasteiger partial charge in [-0.2, -0.15) is 0 Å². The van der Waals surface area contributed by atoms with Crippen molar-refractivity contribution in [3.05, 3.63) is 29.8 Å². The van der Waals surface area contributed by atoms with Crippen molar-refractivity contribution in [2.45, 2.75) is 39.7 Å². The Balaban J connectivity index is 2.46. The van der Waals surface area contributed by atoms with E-state index in [2.05, 4.69) is 31.3 Å². The number of benzene rings is 1. The SMILES string of the molecule is CCCCN[C@H](C)c1ccc(OCC)cc1. The summed E-state index contributed by atoms with van der Waals surface area (Å²) in [5.41, 5.74) is 1.32. The first-order valence-electron chi connectivity index (χ1n) is 6.24. The molecule has 2 heteroatoms. The third-order valence-electron chi connectivity index (χ3n) is 2.67. The normalized spacial score (nSPS) is 12.4. The monoisotopic (exact) mass is 221 g/mol. The van der Waals surface area contributed by atoms with Crippen LogP contribution in [0.4, 0.5) is 0 Å². The average molecular weight is 221 g/mol. The lowest BCUT2D eigenvalue weighted by Crippen LogP contribution is -2.19. The summed E-state index contributed by atoms with van der Waals surface area (Å²) in [4.78, 5) is 0. The molecule has 0 heterocycles. The van der Waals surface area contributed by atoms with Gasteiger partial charge in [0.25, 0.3) is 0 Å². The Hall–Kier alpha value is -1.02. The van der Waals surface area contributed by atoms with Gasteiger partial charge in [-0.1, -0.05) is 25.5 Å². The van der Waals surface area contributed by atoms with Crippen LogP contribution in [0.1, 0.15) is 45.2 Å². The zero-order valence-corrected chi connectivity index (χ0v) is 10.6. The molecule has 0 saturated heterocycles. The van der Waals surface area contributed by atoms with Gasteiger partial charge in [0.15, 0.2) is 0 Å². The van der Waals surface area contributed by atoms with Crippen molar-refractivity contribution in [3.8, 4) is 5.75 Å². The van der Waals surface area contributed by atoms with Crippen LogP contribution in [0.25, 0.3) is 0 Å². The van der Waals surface area contributed by atoms with Crippen LogP contribution in [-0.4, -0.2) is 13.2 Å². The molecule has 16 heavy (non-hydrogen) atoms. The van der Waals surface area contributed by atoms with Crippen molar-refractivity contribution in [1.82, 2.24) is 5.32 Å². The van der Waals surface area contributed by atoms with E-state index in [1.54, 1.807) is 0 Å². The average Bonchev–Trinajstić information content (AvgIpc) is 2.30. The number of hydrogen-bond donors (Lipinski definition) is 1. The molecule has 0 spiro atoms. The van der Waals surface area contributed by atoms with Crippen LogP contribution in [0.5, 0.6) is 5.75 Å². The van der Waals surface area contributed by atoms with Gasteiger partial charge in [-0.15, -0.1) is 0 Å². The van der Waals surface area contributed by atoms with Crippen LogP contribution in [0.15, 0.2) is 24.3 Å². The highest BCUT2D eigenvalue weighted by Crippen LogP contribution is 2.17. The number of hydrogen-bond acceptors (Lipinski definition) is 2. The molecule has 2 nitrogen and oxygen atoms in total. The van der Waals surface area contributed by atoms with E-state index in [-0.39, 0.29) is 0 Å². The molecule has 0 bridgehead atoms. The van der Waals surface area contributed by atoms with Crippen molar-refractivity contribution >= 4 is 0 Å². The Bertz CT molecular complexity index is 281. The molecular weight excluding hydrogens is 198 g/mol. The van der Waals surface area contributed by atoms with Gasteiger partial charge in [-0.3, -0.25) is 0 Å². The van der Waals surface area contributed by atoms with Crippen molar-refractivity contribution in [2.24, 2.45) is 0 Å². The van der Waals surface area contributed by atoms with Crippen LogP contribution in [0, 0.1) is 0 Å². The van der Waals surface area contributed by atoms with Gasteiger partial charge in [0.05, 0.1) is 6.61 Å². The number of ether oxygens (including phenoxy) is 1. The largest absolute Gasteiger partial charge is 0.494 e. The van der Waals surface area contributed by atoms with E-state index < -0.39 is 0 Å². The zero-order valence-electron chi connectivity index (χ0n) is 10.6. The summed E-state index contributed by atoms with van der Waals surface area (Å²) in [6.07, 6.45) is 2.48. The van der Waals surface area contributed by atoms with E-state index in [4.69, 9.17) is 4.74 Å². The lowest BCUT2D eigenvalue weighted by Gasteiger charge is -2.14. The molecule has 90 valence electrons. The molecule has 0 amide bonds. The van der Waals surface area contributed by atoms with Gasteiger partial charge < -0.3 is 10.1 Å². The van der Waals surface area contributed by atoms with Crippen LogP contribution >= 0.6 is 0 Å². The Morgan fingerprint density at radius 3 is 2.44 bits per heavy atom. The van der Waals surface area contributed by atoms with Crippen molar-refractivity contribution < 1.29 is 4.74 Å². The smallest absolute Gasteiger partial charge is 0.119 e. The maximum absolute atomic E-state index is 5.42. The van der Waals surface area contributed by atoms with Crippen LogP contribution in [0.3, 0.4) is 0 Å². The van der Waals surface area contributed by atoms with E-state index in [0.717, 1.165) is 18.9 Å². The van der Waals surface area contributed by atoms with E-state index in [9.17, 15) is 0 Å². The third kappa shape index (κ3) is 4.23. The zero-order chi connectivity index (χ0) is 11.8. The van der Waals surface area contributed by atoms with Gasteiger partial charge in [-0.05, 0) is 44.5 Å². The number of nitrogens with one attached hydrogen (secondary N) is 1. The van der Waals surface area contributed by atoms with E-state index in [0.29, 0.717) is 6.04 Å². The lowest BCUT2D eigenvalue weighted by atomic mass is 10.1. The van der Waals surface area contributed by atoms with Crippen LogP contribution < -0.4 is 10.1 Å². The molecule has 0 unspecified atom stereocenters. The molecule has 1 N–H and O–H groups in total. The van der Waals surface area contributed by atoms with E-state index >= 15 is 0 Å². The molecule has 0 saturated carbocycles. The highest BCUT2D eigenvalue weighted by molar-refractivity contribution is 5.28. The molecule has 0 aliphatic rings. The van der Waals surface area contributed by atoms with Gasteiger partial charge in [0.2, 0.25) is 0 Å². The molecule has 1 aromatic rings. The highest BCUT2D eigenvalue weighted by atomic mass is 16.5. The van der Waals surface area contributed by atoms with Crippen LogP contribution in [-0.2, 0) is 0 Å². The fourth-order valence-corrected chi connectivity index (χ4v) is 1.63. The minimum atomic E-state index is 0.419. The Labute approximate surface area is 99.0 Å². The molecule has 0 aliphatic heterocycles. The summed E-state index contributed by atoms with van der Waals surface area (Å²) >= 11 is 0. The van der Waals surface area contributed by atoms with Crippen LogP contribution in [0.2, 0.25) is 0 Å². The predicted octanol–water partition coefficient (Wildman–Crippen LogP) is 3.54. The third-order valence-corrected chi connectivity index (χ3v) is 2.67. The topological polar surface area (TPSA) is 21.3 Å². The van der Waals surface area contributed by atoms with Crippen molar-refractivity contribution in [2.75, 3.05) is 13.2 Å². The number of rotatable bonds is 7. The molecule has 0 radical (unpaired) electrons. The fraction of sp³-hybridized carbons (Fsp3) is 0.571. The Morgan fingerprint density at radius 2 is 1.88 bits per heavy atom. The Morgan fingerprint density at radius 1 is 1.19 bits per heavy atom. The molecule has 1 atom stereocenters. The fourth-order valence-electron chi connectivity index (χ4n) is 1.63. The second-order valence-electron chi connectivity index (χ2n) is 4.03. The number of unbranched alkanes of at least 4 members (excludes halogenated alkanes) is 1. The minimum absolute atomic E-state index is 0.419. The predicted molar refractivity (Wildman–Crippen MR) is 68.9 cm³/mol. The lowest BCUT2D eigenvalue weighted by molar-refractivity contribution is 0.340. The van der Waals surface area contributed by atoms with Gasteiger partial charge >= 0.3 is 0 Å². The van der Waals surface area contributed by atoms with E-state index in [1.165, 1.54) is 18.4 Å². The first-order valence-corrected chi connectivity index (χ1v) is 6.24. The first kappa shape index (κ1) is 13.0. The molecule has 0 aliphatic carbocycles. The maximum Gasteiger partial charge on any atom is 0.119 e. The van der Waals surface area contributed by atoms with E-state index in [1.807, 2.05) is 19.1 Å². The van der Waals surface area contributed by atoms with Crippen molar-refractivity contribution in [1.29, 1.82) is 0 Å². The second kappa shape index (κ2) is 7.29. The molecule has 1 rings (SSSR count). The molecule has 0 fully saturated rings. The van der Waals surface area contributed by atoms with Gasteiger partial charge in [0, 0.05) is 6.04 Å². The Kier molecular flexibility index (Phi) is 5.94. The molecule has 0 aromatic heterocycles. The maximum atomic E-state index is 5.42. The molecular formula is C14H23NO. The second-order valence-corrected chi connectivity index (χ2v) is 4.03. The van der Waals surface area contributed by atoms with Gasteiger partial charge in [0.1, 0.15) is 5.75 Å². The quantitative estimate of drug-likeness (QED) is 0.711.